The van der Waals surface area contributed by atoms with E-state index in [0.717, 1.165) is 155 Å². The number of carbonyl (C=O) groups excluding carboxylic acids is 4. The van der Waals surface area contributed by atoms with Gasteiger partial charge in [-0.3, -0.25) is 49.5 Å². The molecule has 0 saturated carbocycles. The topological polar surface area (TPSA) is 281 Å². The molecule has 87 heavy (non-hydrogen) atoms. The Bertz CT molecular complexity index is 2800. The normalized spacial score (nSPS) is 12.8. The zero-order valence-corrected chi connectivity index (χ0v) is 75.1. The Morgan fingerprint density at radius 1 is 0.621 bits per heavy atom. The number of carbonyl (C=O) groups is 4. The number of pyridine rings is 5. The van der Waals surface area contributed by atoms with Gasteiger partial charge in [-0.25, -0.2) is 19.9 Å². The molecule has 3 aliphatic rings. The van der Waals surface area contributed by atoms with Crippen molar-refractivity contribution in [3.05, 3.63) is 155 Å². The monoisotopic (exact) mass is 2110 g/mol. The summed E-state index contributed by atoms with van der Waals surface area (Å²) < 4.78 is 0. The second kappa shape index (κ2) is 54.3. The second-order valence-corrected chi connectivity index (χ2v) is 20.7. The molecule has 0 unspecified atom stereocenters. The van der Waals surface area contributed by atoms with E-state index in [9.17, 15) is 19.2 Å². The second-order valence-electron chi connectivity index (χ2n) is 18.9. The van der Waals surface area contributed by atoms with Gasteiger partial charge in [0.1, 0.15) is 39.6 Å². The van der Waals surface area contributed by atoms with Crippen molar-refractivity contribution in [2.24, 2.45) is 0 Å². The van der Waals surface area contributed by atoms with E-state index in [4.69, 9.17) is 44.0 Å². The average Bonchev–Trinajstić information content (AvgIpc) is 4.17. The summed E-state index contributed by atoms with van der Waals surface area (Å²) in [5.74, 6) is 1.06. The molecule has 30 heteroatoms. The predicted molar refractivity (Wildman–Crippen MR) is 324 cm³/mol. The Balaban J connectivity index is -0.000000491. The Labute approximate surface area is 694 Å². The Hall–Kier alpha value is 0.0812. The van der Waals surface area contributed by atoms with Gasteiger partial charge in [-0.2, -0.15) is 5.26 Å². The fourth-order valence-electron chi connectivity index (χ4n) is 8.36. The van der Waals surface area contributed by atoms with E-state index in [0.29, 0.717) is 31.4 Å². The van der Waals surface area contributed by atoms with Gasteiger partial charge in [0.25, 0.3) is 0 Å². The van der Waals surface area contributed by atoms with Crippen molar-refractivity contribution in [1.29, 1.82) is 5.26 Å². The SMILES string of the molecule is C1CNCC[N-]1.CC(=O)N1CCN(Cc2cc(C)nc(C)c2)CC1.CC(=O)N1CCN(Cc2cc(C)nc(Nc3ncc(C#N)s3)c2)CC1.Cc1cc(C)nc(Cl)c1.Cc1cc(C=O)cc(C)n1.Cc1cc(C=O)cc(Cl)n1.OO.[Ac].[Ac].[Ac].[Ac].[B-]O.[Na+]. The maximum atomic E-state index is 11.4. The molecule has 453 valence electrons. The van der Waals surface area contributed by atoms with Crippen LogP contribution in [0.4, 0.5) is 10.9 Å². The summed E-state index contributed by atoms with van der Waals surface area (Å²) in [7, 11) is 3.50. The molecule has 3 aliphatic heterocycles. The molecule has 9 heterocycles. The number of hydrogen-bond acceptors (Lipinski definition) is 19. The van der Waals surface area contributed by atoms with E-state index in [2.05, 4.69) is 88.0 Å². The van der Waals surface area contributed by atoms with Crippen LogP contribution in [0, 0.1) is 243 Å². The molecule has 3 saturated heterocycles. The number of rotatable bonds is 8. The van der Waals surface area contributed by atoms with Crippen LogP contribution in [0.5, 0.6) is 0 Å². The van der Waals surface area contributed by atoms with Crippen LogP contribution in [0.1, 0.15) is 96.0 Å². The van der Waals surface area contributed by atoms with Crippen LogP contribution in [0.15, 0.2) is 66.9 Å². The Morgan fingerprint density at radius 2 is 1.00 bits per heavy atom. The smallest absolute Gasteiger partial charge is 0.715 e. The number of aromatic nitrogens is 6. The number of anilines is 2. The summed E-state index contributed by atoms with van der Waals surface area (Å²) in [5, 5.41) is 39.5. The number of hydrogen-bond donors (Lipinski definition) is 5. The number of thiazole rings is 1. The summed E-state index contributed by atoms with van der Waals surface area (Å²) in [6.07, 6.45) is 3.14. The third kappa shape index (κ3) is 41.5. The Morgan fingerprint density at radius 3 is 1.34 bits per heavy atom. The largest absolute Gasteiger partial charge is 1.00 e. The van der Waals surface area contributed by atoms with Crippen molar-refractivity contribution >= 4 is 77.9 Å². The minimum Gasteiger partial charge on any atom is -0.715 e. The number of piperazine rings is 3. The zero-order chi connectivity index (χ0) is 61.1. The molecule has 21 nitrogen and oxygen atoms in total. The van der Waals surface area contributed by atoms with Crippen LogP contribution in [-0.4, -0.2) is 176 Å². The van der Waals surface area contributed by atoms with E-state index >= 15 is 0 Å². The number of nitrogens with one attached hydrogen (secondary N) is 2. The molecule has 2 amide bonds. The van der Waals surface area contributed by atoms with E-state index in [1.165, 1.54) is 28.5 Å². The van der Waals surface area contributed by atoms with Crippen molar-refractivity contribution in [2.45, 2.75) is 82.3 Å². The van der Waals surface area contributed by atoms with Crippen LogP contribution >= 0.6 is 34.5 Å². The van der Waals surface area contributed by atoms with Gasteiger partial charge in [0, 0.05) is 307 Å². The number of aldehydes is 2. The van der Waals surface area contributed by atoms with Crippen LogP contribution in [0.3, 0.4) is 0 Å². The molecule has 5 N–H and O–H groups in total. The quantitative estimate of drug-likeness (QED) is 0.0427. The van der Waals surface area contributed by atoms with Crippen molar-refractivity contribution in [1.82, 2.24) is 54.8 Å². The van der Waals surface area contributed by atoms with Crippen molar-refractivity contribution in [3.63, 3.8) is 0 Å². The molecule has 3 fully saturated rings. The minimum atomic E-state index is 0. The van der Waals surface area contributed by atoms with Crippen molar-refractivity contribution in [2.75, 3.05) is 83.9 Å². The van der Waals surface area contributed by atoms with Gasteiger partial charge in [-0.05, 0) is 146 Å². The van der Waals surface area contributed by atoms with Crippen LogP contribution in [-0.2, 0) is 22.7 Å². The molecule has 0 spiro atoms. The van der Waals surface area contributed by atoms with E-state index in [-0.39, 0.29) is 218 Å². The third-order valence-electron chi connectivity index (χ3n) is 11.7. The molecular weight excluding hydrogens is 2040 g/mol. The van der Waals surface area contributed by atoms with Crippen LogP contribution < -0.4 is 40.2 Å². The maximum absolute atomic E-state index is 11.4. The van der Waals surface area contributed by atoms with Gasteiger partial charge in [0.15, 0.2) is 5.13 Å². The predicted octanol–water partition coefficient (Wildman–Crippen LogP) is 5.25. The molecular formula is C57H76Ac4BCl2N14NaO7S-. The van der Waals surface area contributed by atoms with Crippen molar-refractivity contribution < 1.29 is 241 Å². The van der Waals surface area contributed by atoms with E-state index < -0.39 is 0 Å². The van der Waals surface area contributed by atoms with Gasteiger partial charge >= 0.3 is 29.6 Å². The van der Waals surface area contributed by atoms with Gasteiger partial charge in [0.2, 0.25) is 11.8 Å². The first kappa shape index (κ1) is 93.5. The van der Waals surface area contributed by atoms with Gasteiger partial charge in [-0.1, -0.05) is 34.5 Å². The third-order valence-corrected chi connectivity index (χ3v) is 12.9. The van der Waals surface area contributed by atoms with Crippen LogP contribution in [0.25, 0.3) is 5.32 Å². The molecule has 6 aromatic rings. The number of aryl methyl sites for hydroxylation is 8. The van der Waals surface area contributed by atoms with Crippen molar-refractivity contribution in [3.8, 4) is 6.07 Å². The summed E-state index contributed by atoms with van der Waals surface area (Å²) >= 11 is 12.5. The fraction of sp³-hybridized carbons (Fsp3) is 0.421. The fourth-order valence-corrected chi connectivity index (χ4v) is 9.55. The standard InChI is InChI=1S/C17H20N6OS.C14H21N3O.C8H9NO.C7H6ClNO.C7H8ClN.C4H9N2.4Ac.BHO.Na.H2O2/c1-12-7-14(11-22-3-5-23(6-4-22)13(2)24)8-16(20-12)21-17-19-10-15(9-18)25-17;1-11-8-14(9-12(2)15-11)10-16-4-6-17(7-5-16)13(3)18;1-6-3-8(5-10)4-7(2)9-6;1-5-2-6(4-10)3-7(8)9-5;1-5-3-6(2)9-7(8)4-5;1-2-6-4-3-5-1;;;;;1-2;;1-2/h7-8,10H,3-6,11H2,1-2H3,(H,19,20,21);8-9H,4-7,10H2,1-3H3;3-5H,1-2H3;2-4H,1H3;3-4H,1-2H3;5H,1-4H2;;;;;2H;;1-2H/q;;;;;-1;;;;;-1;+1;. The number of halogens is 2. The van der Waals surface area contributed by atoms with Gasteiger partial charge < -0.3 is 38.8 Å². The molecule has 7 radical (unpaired) electrons. The summed E-state index contributed by atoms with van der Waals surface area (Å²) in [5.41, 5.74) is 11.5. The number of nitrogens with zero attached hydrogens (tertiary/aromatic N) is 12. The summed E-state index contributed by atoms with van der Waals surface area (Å²) in [6.45, 7) is 31.7. The van der Waals surface area contributed by atoms with Crippen LogP contribution in [0.2, 0.25) is 10.3 Å². The summed E-state index contributed by atoms with van der Waals surface area (Å²) in [6, 6.07) is 21.0. The molecule has 0 aromatic carbocycles. The first-order chi connectivity index (χ1) is 39.2. The van der Waals surface area contributed by atoms with Gasteiger partial charge in [0.05, 0.1) is 6.20 Å². The summed E-state index contributed by atoms with van der Waals surface area (Å²) in [4.78, 5) is 77.4. The molecule has 0 aliphatic carbocycles. The molecule has 9 rings (SSSR count). The van der Waals surface area contributed by atoms with E-state index in [1.807, 2.05) is 76.5 Å². The number of nitriles is 1. The number of amides is 2. The minimum absolute atomic E-state index is 0. The molecule has 6 aromatic heterocycles. The van der Waals surface area contributed by atoms with Gasteiger partial charge in [-0.15, -0.1) is 13.1 Å². The average molecular weight is 2110 g/mol. The van der Waals surface area contributed by atoms with E-state index in [1.54, 1.807) is 45.2 Å². The molecule has 0 atom stereocenters. The first-order valence-corrected chi connectivity index (χ1v) is 27.7. The maximum Gasteiger partial charge on any atom is 1.00 e. The zero-order valence-electron chi connectivity index (χ0n) is 51.8. The molecule has 0 bridgehead atoms. The first-order valence-electron chi connectivity index (χ1n) is 26.1. The Kier molecular flexibility index (Phi) is 58.4.